The Kier molecular flexibility index (Phi) is 4.10. The van der Waals surface area contributed by atoms with Gasteiger partial charge in [-0.05, 0) is 60.7 Å². The Morgan fingerprint density at radius 1 is 1.10 bits per heavy atom. The summed E-state index contributed by atoms with van der Waals surface area (Å²) in [6.45, 7) is 2.84. The predicted molar refractivity (Wildman–Crippen MR) is 77.0 cm³/mol. The maximum Gasteiger partial charge on any atom is 0.488 e. The highest BCUT2D eigenvalue weighted by Crippen LogP contribution is 2.34. The Hall–Kier alpha value is -0.905. The largest absolute Gasteiger partial charge is 0.488 e. The smallest absolute Gasteiger partial charge is 0.423 e. The lowest BCUT2D eigenvalue weighted by Gasteiger charge is -2.23. The van der Waals surface area contributed by atoms with Crippen molar-refractivity contribution in [2.24, 2.45) is 11.8 Å². The molecule has 2 aliphatic rings. The lowest BCUT2D eigenvalue weighted by atomic mass is 9.77. The van der Waals surface area contributed by atoms with Crippen LogP contribution >= 0.6 is 0 Å². The van der Waals surface area contributed by atoms with Gasteiger partial charge in [0.05, 0.1) is 0 Å². The Labute approximate surface area is 119 Å². The van der Waals surface area contributed by atoms with E-state index >= 15 is 0 Å². The molecule has 3 nitrogen and oxygen atoms in total. The number of hydrogen-bond donors (Lipinski definition) is 2. The molecular formula is C15H21BFNO2. The molecule has 0 bridgehead atoms. The zero-order chi connectivity index (χ0) is 14.1. The van der Waals surface area contributed by atoms with E-state index in [1.807, 2.05) is 0 Å². The van der Waals surface area contributed by atoms with E-state index in [4.69, 9.17) is 0 Å². The molecule has 0 aliphatic heterocycles. The maximum atomic E-state index is 13.2. The van der Waals surface area contributed by atoms with Crippen molar-refractivity contribution in [3.63, 3.8) is 0 Å². The third-order valence-electron chi connectivity index (χ3n) is 4.21. The summed E-state index contributed by atoms with van der Waals surface area (Å²) in [6, 6.07) is 4.30. The van der Waals surface area contributed by atoms with Gasteiger partial charge in [0, 0.05) is 19.6 Å². The summed E-state index contributed by atoms with van der Waals surface area (Å²) in [5, 5.41) is 18.8. The molecule has 0 spiro atoms. The zero-order valence-electron chi connectivity index (χ0n) is 11.6. The van der Waals surface area contributed by atoms with Crippen LogP contribution in [-0.2, 0) is 6.54 Å². The van der Waals surface area contributed by atoms with Crippen LogP contribution in [-0.4, -0.2) is 35.2 Å². The molecule has 20 heavy (non-hydrogen) atoms. The van der Waals surface area contributed by atoms with Gasteiger partial charge < -0.3 is 10.0 Å². The van der Waals surface area contributed by atoms with Crippen LogP contribution in [0.1, 0.15) is 31.2 Å². The summed E-state index contributed by atoms with van der Waals surface area (Å²) in [4.78, 5) is 2.40. The van der Waals surface area contributed by atoms with Crippen molar-refractivity contribution in [2.45, 2.75) is 32.2 Å². The first-order valence-corrected chi connectivity index (χ1v) is 7.48. The van der Waals surface area contributed by atoms with E-state index in [-0.39, 0.29) is 0 Å². The van der Waals surface area contributed by atoms with E-state index in [0.29, 0.717) is 12.0 Å². The minimum absolute atomic E-state index is 0.293. The van der Waals surface area contributed by atoms with Gasteiger partial charge in [0.15, 0.2) is 0 Å². The van der Waals surface area contributed by atoms with Crippen molar-refractivity contribution >= 4 is 12.6 Å². The fraction of sp³-hybridized carbons (Fsp3) is 0.600. The SMILES string of the molecule is OB(O)c1cc(F)ccc1CN(CC1CC1)CC1CC1. The second-order valence-corrected chi connectivity index (χ2v) is 6.30. The Bertz CT molecular complexity index is 461. The standard InChI is InChI=1S/C15H21BFNO2/c17-14-6-5-13(15(7-14)16(19)20)10-18(8-11-1-2-11)9-12-3-4-12/h5-7,11-12,19-20H,1-4,8-10H2. The molecule has 1 aromatic rings. The first kappa shape index (κ1) is 14.0. The quantitative estimate of drug-likeness (QED) is 0.734. The van der Waals surface area contributed by atoms with E-state index in [1.165, 1.54) is 37.8 Å². The van der Waals surface area contributed by atoms with Crippen LogP contribution in [0.15, 0.2) is 18.2 Å². The van der Waals surface area contributed by atoms with E-state index in [9.17, 15) is 14.4 Å². The minimum atomic E-state index is -1.61. The molecule has 108 valence electrons. The average Bonchev–Trinajstić information content (AvgIpc) is 3.27. The molecule has 2 N–H and O–H groups in total. The molecular weight excluding hydrogens is 256 g/mol. The molecule has 0 aromatic heterocycles. The molecule has 1 aromatic carbocycles. The van der Waals surface area contributed by atoms with Crippen molar-refractivity contribution < 1.29 is 14.4 Å². The van der Waals surface area contributed by atoms with Crippen molar-refractivity contribution in [1.29, 1.82) is 0 Å². The summed E-state index contributed by atoms with van der Waals surface area (Å²) in [5.74, 6) is 1.18. The molecule has 0 amide bonds. The minimum Gasteiger partial charge on any atom is -0.423 e. The van der Waals surface area contributed by atoms with Gasteiger partial charge in [-0.3, -0.25) is 4.90 Å². The fourth-order valence-corrected chi connectivity index (χ4v) is 2.73. The fourth-order valence-electron chi connectivity index (χ4n) is 2.73. The van der Waals surface area contributed by atoms with Crippen LogP contribution in [0.5, 0.6) is 0 Å². The molecule has 3 rings (SSSR count). The molecule has 2 fully saturated rings. The van der Waals surface area contributed by atoms with Gasteiger partial charge in [-0.1, -0.05) is 6.07 Å². The second kappa shape index (κ2) is 5.84. The van der Waals surface area contributed by atoms with Crippen molar-refractivity contribution in [3.05, 3.63) is 29.6 Å². The molecule has 5 heteroatoms. The zero-order valence-corrected chi connectivity index (χ0v) is 11.6. The van der Waals surface area contributed by atoms with Gasteiger partial charge in [-0.2, -0.15) is 0 Å². The number of nitrogens with zero attached hydrogens (tertiary/aromatic N) is 1. The van der Waals surface area contributed by atoms with E-state index < -0.39 is 12.9 Å². The highest BCUT2D eigenvalue weighted by atomic mass is 19.1. The predicted octanol–water partition coefficient (Wildman–Crippen LogP) is 1.13. The van der Waals surface area contributed by atoms with E-state index in [0.717, 1.165) is 30.5 Å². The van der Waals surface area contributed by atoms with Crippen LogP contribution < -0.4 is 5.46 Å². The Balaban J connectivity index is 1.72. The molecule has 0 radical (unpaired) electrons. The van der Waals surface area contributed by atoms with E-state index in [1.54, 1.807) is 6.07 Å². The summed E-state index contributed by atoms with van der Waals surface area (Å²) in [6.07, 6.45) is 5.22. The molecule has 0 heterocycles. The molecule has 0 unspecified atom stereocenters. The second-order valence-electron chi connectivity index (χ2n) is 6.30. The number of rotatable bonds is 7. The normalized spacial score (nSPS) is 18.6. The third kappa shape index (κ3) is 3.81. The third-order valence-corrected chi connectivity index (χ3v) is 4.21. The van der Waals surface area contributed by atoms with Gasteiger partial charge in [0.2, 0.25) is 0 Å². The molecule has 0 saturated heterocycles. The van der Waals surface area contributed by atoms with Crippen LogP contribution in [0, 0.1) is 17.7 Å². The Morgan fingerprint density at radius 2 is 1.70 bits per heavy atom. The first-order chi connectivity index (χ1) is 9.61. The number of hydrogen-bond acceptors (Lipinski definition) is 3. The van der Waals surface area contributed by atoms with Crippen LogP contribution in [0.2, 0.25) is 0 Å². The van der Waals surface area contributed by atoms with Gasteiger partial charge in [0.1, 0.15) is 5.82 Å². The number of benzene rings is 1. The van der Waals surface area contributed by atoms with Crippen molar-refractivity contribution in [3.8, 4) is 0 Å². The van der Waals surface area contributed by atoms with Crippen LogP contribution in [0.3, 0.4) is 0 Å². The summed E-state index contributed by atoms with van der Waals surface area (Å²) in [7, 11) is -1.61. The summed E-state index contributed by atoms with van der Waals surface area (Å²) >= 11 is 0. The van der Waals surface area contributed by atoms with E-state index in [2.05, 4.69) is 4.90 Å². The molecule has 0 atom stereocenters. The van der Waals surface area contributed by atoms with Crippen molar-refractivity contribution in [2.75, 3.05) is 13.1 Å². The lowest BCUT2D eigenvalue weighted by molar-refractivity contribution is 0.244. The highest BCUT2D eigenvalue weighted by molar-refractivity contribution is 6.59. The van der Waals surface area contributed by atoms with Gasteiger partial charge in [-0.25, -0.2) is 4.39 Å². The summed E-state index contributed by atoms with van der Waals surface area (Å²) < 4.78 is 13.2. The molecule has 2 aliphatic carbocycles. The van der Waals surface area contributed by atoms with Crippen LogP contribution in [0.25, 0.3) is 0 Å². The maximum absolute atomic E-state index is 13.2. The summed E-state index contributed by atoms with van der Waals surface area (Å²) in [5.41, 5.74) is 1.12. The monoisotopic (exact) mass is 277 g/mol. The highest BCUT2D eigenvalue weighted by Gasteiger charge is 2.30. The Morgan fingerprint density at radius 3 is 2.20 bits per heavy atom. The molecule has 2 saturated carbocycles. The van der Waals surface area contributed by atoms with Gasteiger partial charge in [-0.15, -0.1) is 0 Å². The average molecular weight is 277 g/mol. The van der Waals surface area contributed by atoms with Gasteiger partial charge >= 0.3 is 7.12 Å². The van der Waals surface area contributed by atoms with Crippen LogP contribution in [0.4, 0.5) is 4.39 Å². The van der Waals surface area contributed by atoms with Gasteiger partial charge in [0.25, 0.3) is 0 Å². The van der Waals surface area contributed by atoms with Crippen molar-refractivity contribution in [1.82, 2.24) is 4.90 Å². The topological polar surface area (TPSA) is 43.7 Å². The lowest BCUT2D eigenvalue weighted by Crippen LogP contribution is -2.37. The first-order valence-electron chi connectivity index (χ1n) is 7.48. The number of halogens is 1.